The van der Waals surface area contributed by atoms with Crippen LogP contribution < -0.4 is 5.32 Å². The summed E-state index contributed by atoms with van der Waals surface area (Å²) in [5.74, 6) is -0.101. The first-order valence-electron chi connectivity index (χ1n) is 9.58. The summed E-state index contributed by atoms with van der Waals surface area (Å²) < 4.78 is 7.19. The Bertz CT molecular complexity index is 759. The Balaban J connectivity index is 1.74. The second-order valence-electron chi connectivity index (χ2n) is 7.00. The highest BCUT2D eigenvalue weighted by Crippen LogP contribution is 2.27. The first-order chi connectivity index (χ1) is 13.1. The van der Waals surface area contributed by atoms with Crippen LogP contribution in [-0.2, 0) is 30.7 Å². The van der Waals surface area contributed by atoms with Gasteiger partial charge >= 0.3 is 0 Å². The normalized spacial score (nSPS) is 16.4. The average Bonchev–Trinajstić information content (AvgIpc) is 3.09. The number of pyridine rings is 1. The van der Waals surface area contributed by atoms with Crippen LogP contribution in [0.25, 0.3) is 0 Å². The van der Waals surface area contributed by atoms with E-state index >= 15 is 0 Å². The van der Waals surface area contributed by atoms with Gasteiger partial charge in [-0.3, -0.25) is 14.5 Å². The quantitative estimate of drug-likeness (QED) is 0.764. The Labute approximate surface area is 160 Å². The number of aryl methyl sites for hydroxylation is 1. The highest BCUT2D eigenvalue weighted by atomic mass is 16.5. The maximum atomic E-state index is 12.8. The summed E-state index contributed by atoms with van der Waals surface area (Å²) in [6, 6.07) is 4.22. The molecule has 1 N–H and O–H groups in total. The van der Waals surface area contributed by atoms with E-state index in [1.807, 2.05) is 16.8 Å². The number of aromatic nitrogens is 3. The minimum Gasteiger partial charge on any atom is -0.383 e. The minimum absolute atomic E-state index is 0.101. The Morgan fingerprint density at radius 3 is 2.89 bits per heavy atom. The number of nitrogens with one attached hydrogen (secondary N) is 1. The van der Waals surface area contributed by atoms with Crippen molar-refractivity contribution in [1.29, 1.82) is 0 Å². The number of hydrogen-bond acceptors (Lipinski definition) is 5. The molecule has 0 spiro atoms. The van der Waals surface area contributed by atoms with Crippen molar-refractivity contribution in [2.75, 3.05) is 27.3 Å². The summed E-state index contributed by atoms with van der Waals surface area (Å²) in [5, 5.41) is 7.63. The Kier molecular flexibility index (Phi) is 6.58. The summed E-state index contributed by atoms with van der Waals surface area (Å²) in [6.45, 7) is 4.94. The van der Waals surface area contributed by atoms with E-state index in [0.29, 0.717) is 24.9 Å². The van der Waals surface area contributed by atoms with Gasteiger partial charge in [-0.2, -0.15) is 5.10 Å². The van der Waals surface area contributed by atoms with Crippen molar-refractivity contribution in [1.82, 2.24) is 25.0 Å². The average molecular weight is 371 g/mol. The molecule has 3 rings (SSSR count). The first-order valence-corrected chi connectivity index (χ1v) is 9.58. The van der Waals surface area contributed by atoms with Crippen molar-refractivity contribution >= 4 is 5.91 Å². The summed E-state index contributed by atoms with van der Waals surface area (Å²) in [6.07, 6.45) is 6.35. The number of carbonyl (C=O) groups is 1. The topological polar surface area (TPSA) is 72.3 Å². The lowest BCUT2D eigenvalue weighted by atomic mass is 9.90. The van der Waals surface area contributed by atoms with Gasteiger partial charge in [-0.25, -0.2) is 0 Å². The van der Waals surface area contributed by atoms with E-state index in [-0.39, 0.29) is 5.91 Å². The summed E-state index contributed by atoms with van der Waals surface area (Å²) in [7, 11) is 3.85. The molecular weight excluding hydrogens is 342 g/mol. The van der Waals surface area contributed by atoms with Crippen LogP contribution in [0.4, 0.5) is 0 Å². The van der Waals surface area contributed by atoms with Crippen LogP contribution in [0.3, 0.4) is 0 Å². The maximum absolute atomic E-state index is 12.8. The molecule has 146 valence electrons. The van der Waals surface area contributed by atoms with Gasteiger partial charge in [0.05, 0.1) is 6.61 Å². The number of methoxy groups -OCH3 is 1. The molecule has 0 aromatic carbocycles. The zero-order valence-electron chi connectivity index (χ0n) is 16.4. The van der Waals surface area contributed by atoms with Crippen molar-refractivity contribution in [3.63, 3.8) is 0 Å². The van der Waals surface area contributed by atoms with E-state index in [4.69, 9.17) is 4.74 Å². The number of rotatable bonds is 8. The van der Waals surface area contributed by atoms with E-state index in [2.05, 4.69) is 34.3 Å². The van der Waals surface area contributed by atoms with Crippen LogP contribution in [-0.4, -0.2) is 58.9 Å². The molecule has 2 aromatic heterocycles. The third kappa shape index (κ3) is 4.54. The molecule has 1 unspecified atom stereocenters. The molecule has 0 saturated carbocycles. The Hall–Kier alpha value is -2.25. The van der Waals surface area contributed by atoms with Gasteiger partial charge in [-0.1, -0.05) is 0 Å². The molecule has 1 atom stereocenters. The Morgan fingerprint density at radius 2 is 2.19 bits per heavy atom. The number of carbonyl (C=O) groups excluding carboxylic acids is 1. The second-order valence-corrected chi connectivity index (χ2v) is 7.00. The molecule has 7 nitrogen and oxygen atoms in total. The van der Waals surface area contributed by atoms with Crippen molar-refractivity contribution in [3.05, 3.63) is 47.0 Å². The van der Waals surface area contributed by atoms with Gasteiger partial charge in [0.25, 0.3) is 5.91 Å². The van der Waals surface area contributed by atoms with E-state index in [1.54, 1.807) is 19.5 Å². The molecule has 0 saturated heterocycles. The zero-order chi connectivity index (χ0) is 19.2. The lowest BCUT2D eigenvalue weighted by molar-refractivity contribution is 0.0942. The number of ether oxygens (including phenoxy) is 1. The van der Waals surface area contributed by atoms with Gasteiger partial charge < -0.3 is 15.0 Å². The molecule has 0 radical (unpaired) electrons. The van der Waals surface area contributed by atoms with Gasteiger partial charge in [-0.15, -0.1) is 0 Å². The fourth-order valence-electron chi connectivity index (χ4n) is 3.67. The lowest BCUT2D eigenvalue weighted by Gasteiger charge is -2.31. The van der Waals surface area contributed by atoms with Crippen molar-refractivity contribution in [2.24, 2.45) is 0 Å². The third-order valence-electron chi connectivity index (χ3n) is 5.31. The second kappa shape index (κ2) is 9.10. The number of likely N-dealkylation sites (N-methyl/N-ethyl adjacent to an activating group) is 1. The van der Waals surface area contributed by atoms with Crippen LogP contribution in [0.5, 0.6) is 0 Å². The van der Waals surface area contributed by atoms with Crippen molar-refractivity contribution in [2.45, 2.75) is 45.3 Å². The number of fused-ring (bicyclic) bond motifs is 1. The molecular formula is C20H29N5O2. The Morgan fingerprint density at radius 1 is 1.41 bits per heavy atom. The molecule has 0 fully saturated rings. The fraction of sp³-hybridized carbons (Fsp3) is 0.550. The van der Waals surface area contributed by atoms with Crippen LogP contribution in [0.15, 0.2) is 24.5 Å². The molecule has 0 bridgehead atoms. The molecule has 1 aliphatic rings. The van der Waals surface area contributed by atoms with Gasteiger partial charge in [0.2, 0.25) is 0 Å². The largest absolute Gasteiger partial charge is 0.383 e. The molecule has 0 aliphatic heterocycles. The van der Waals surface area contributed by atoms with Crippen LogP contribution >= 0.6 is 0 Å². The highest BCUT2D eigenvalue weighted by molar-refractivity contribution is 5.94. The SMILES string of the molecule is CCn1nc(C(=O)NCc2ccncc2)c2c1CCC(N(C)CCOC)C2. The van der Waals surface area contributed by atoms with Crippen LogP contribution in [0, 0.1) is 0 Å². The van der Waals surface area contributed by atoms with E-state index in [9.17, 15) is 4.79 Å². The smallest absolute Gasteiger partial charge is 0.272 e. The first kappa shape index (κ1) is 19.5. The van der Waals surface area contributed by atoms with Gasteiger partial charge in [0.15, 0.2) is 5.69 Å². The fourth-order valence-corrected chi connectivity index (χ4v) is 3.67. The monoisotopic (exact) mass is 371 g/mol. The summed E-state index contributed by atoms with van der Waals surface area (Å²) >= 11 is 0. The minimum atomic E-state index is -0.101. The van der Waals surface area contributed by atoms with Gasteiger partial charge in [-0.05, 0) is 50.9 Å². The van der Waals surface area contributed by atoms with E-state index in [1.165, 1.54) is 5.69 Å². The lowest BCUT2D eigenvalue weighted by Crippen LogP contribution is -2.39. The van der Waals surface area contributed by atoms with Gasteiger partial charge in [0.1, 0.15) is 0 Å². The van der Waals surface area contributed by atoms with Crippen LogP contribution in [0.2, 0.25) is 0 Å². The van der Waals surface area contributed by atoms with E-state index < -0.39 is 0 Å². The predicted molar refractivity (Wildman–Crippen MR) is 104 cm³/mol. The van der Waals surface area contributed by atoms with Crippen LogP contribution in [0.1, 0.15) is 40.7 Å². The molecule has 27 heavy (non-hydrogen) atoms. The molecule has 7 heteroatoms. The standard InChI is InChI=1S/C20H29N5O2/c1-4-25-18-6-5-16(24(2)11-12-27-3)13-17(18)19(23-25)20(26)22-14-15-7-9-21-10-8-15/h7-10,16H,4-6,11-14H2,1-3H3,(H,22,26). The van der Waals surface area contributed by atoms with Crippen molar-refractivity contribution in [3.8, 4) is 0 Å². The molecule has 2 aromatic rings. The summed E-state index contributed by atoms with van der Waals surface area (Å²) in [5.41, 5.74) is 3.91. The molecule has 1 aliphatic carbocycles. The molecule has 2 heterocycles. The predicted octanol–water partition coefficient (Wildman–Crippen LogP) is 1.66. The summed E-state index contributed by atoms with van der Waals surface area (Å²) in [4.78, 5) is 19.2. The highest BCUT2D eigenvalue weighted by Gasteiger charge is 2.30. The zero-order valence-corrected chi connectivity index (χ0v) is 16.4. The number of nitrogens with zero attached hydrogens (tertiary/aromatic N) is 4. The number of amides is 1. The maximum Gasteiger partial charge on any atom is 0.272 e. The van der Waals surface area contributed by atoms with Crippen molar-refractivity contribution < 1.29 is 9.53 Å². The number of hydrogen-bond donors (Lipinski definition) is 1. The third-order valence-corrected chi connectivity index (χ3v) is 5.31. The molecule has 1 amide bonds. The van der Waals surface area contributed by atoms with Gasteiger partial charge in [0, 0.05) is 56.4 Å². The van der Waals surface area contributed by atoms with E-state index in [0.717, 1.165) is 43.5 Å².